The molecule has 0 atom stereocenters. The highest BCUT2D eigenvalue weighted by Crippen LogP contribution is 1.79. The molecule has 0 aliphatic heterocycles. The van der Waals surface area contributed by atoms with Crippen LogP contribution in [0.15, 0.2) is 13.2 Å². The predicted octanol–water partition coefficient (Wildman–Crippen LogP) is 1.81. The molecule has 1 nitrogen and oxygen atoms in total. The maximum Gasteiger partial charge on any atom is 0.170 e. The zero-order valence-corrected chi connectivity index (χ0v) is 7.26. The predicted molar refractivity (Wildman–Crippen MR) is 41.8 cm³/mol. The molecule has 0 spiro atoms. The zero-order chi connectivity index (χ0) is 6.99. The summed E-state index contributed by atoms with van der Waals surface area (Å²) in [5.41, 5.74) is 0. The molecule has 0 aliphatic carbocycles. The number of hydrogen-bond donors (Lipinski definition) is 0. The molecule has 0 saturated heterocycles. The lowest BCUT2D eigenvalue weighted by molar-refractivity contribution is 0.350. The minimum absolute atomic E-state index is 0.671. The summed E-state index contributed by atoms with van der Waals surface area (Å²) in [6.45, 7) is 13.3. The SMILES string of the molecule is C=C.CCO[SiH](C)C. The van der Waals surface area contributed by atoms with Crippen LogP contribution in [0.1, 0.15) is 6.92 Å². The van der Waals surface area contributed by atoms with E-state index < -0.39 is 9.04 Å². The van der Waals surface area contributed by atoms with E-state index in [9.17, 15) is 0 Å². The van der Waals surface area contributed by atoms with Crippen LogP contribution < -0.4 is 0 Å². The van der Waals surface area contributed by atoms with Crippen LogP contribution in [-0.4, -0.2) is 15.6 Å². The summed E-state index contributed by atoms with van der Waals surface area (Å²) in [7, 11) is -0.671. The first kappa shape index (κ1) is 10.8. The molecule has 0 N–H and O–H groups in total. The minimum atomic E-state index is -0.671. The van der Waals surface area contributed by atoms with Crippen molar-refractivity contribution < 1.29 is 4.43 Å². The Bertz CT molecular complexity index is 37.5. The first-order chi connectivity index (χ1) is 3.77. The molecule has 8 heavy (non-hydrogen) atoms. The van der Waals surface area contributed by atoms with Gasteiger partial charge in [-0.05, 0) is 20.0 Å². The molecular weight excluding hydrogens is 116 g/mol. The molecule has 0 saturated carbocycles. The average Bonchev–Trinajstić information content (AvgIpc) is 1.72. The van der Waals surface area contributed by atoms with E-state index in [1.165, 1.54) is 0 Å². The van der Waals surface area contributed by atoms with E-state index in [0.717, 1.165) is 6.61 Å². The Hall–Kier alpha value is -0.0831. The van der Waals surface area contributed by atoms with Gasteiger partial charge in [-0.25, -0.2) is 0 Å². The quantitative estimate of drug-likeness (QED) is 0.411. The second-order valence-corrected chi connectivity index (χ2v) is 3.93. The normalized spacial score (nSPS) is 8.00. The van der Waals surface area contributed by atoms with Crippen LogP contribution >= 0.6 is 0 Å². The fourth-order valence-electron chi connectivity index (χ4n) is 0.333. The Labute approximate surface area is 54.1 Å². The van der Waals surface area contributed by atoms with Crippen molar-refractivity contribution in [3.05, 3.63) is 13.2 Å². The molecular formula is C6H16OSi. The van der Waals surface area contributed by atoms with Crippen molar-refractivity contribution in [1.29, 1.82) is 0 Å². The summed E-state index contributed by atoms with van der Waals surface area (Å²) >= 11 is 0. The smallest absolute Gasteiger partial charge is 0.170 e. The van der Waals surface area contributed by atoms with Gasteiger partial charge in [0.1, 0.15) is 0 Å². The molecule has 0 aromatic rings. The van der Waals surface area contributed by atoms with Gasteiger partial charge < -0.3 is 4.43 Å². The first-order valence-corrected chi connectivity index (χ1v) is 5.67. The van der Waals surface area contributed by atoms with Crippen LogP contribution in [0.4, 0.5) is 0 Å². The molecule has 0 amide bonds. The van der Waals surface area contributed by atoms with Gasteiger partial charge in [-0.1, -0.05) is 0 Å². The van der Waals surface area contributed by atoms with Gasteiger partial charge >= 0.3 is 0 Å². The largest absolute Gasteiger partial charge is 0.421 e. The van der Waals surface area contributed by atoms with Crippen molar-refractivity contribution in [2.75, 3.05) is 6.61 Å². The lowest BCUT2D eigenvalue weighted by Crippen LogP contribution is -2.05. The standard InChI is InChI=1S/C4H12OSi.C2H4/c1-4-5-6(2)3;1-2/h6H,4H2,1-3H3;1-2H2. The van der Waals surface area contributed by atoms with Crippen molar-refractivity contribution in [2.45, 2.75) is 20.0 Å². The molecule has 0 aromatic heterocycles. The summed E-state index contributed by atoms with van der Waals surface area (Å²) in [5, 5.41) is 0. The minimum Gasteiger partial charge on any atom is -0.421 e. The highest BCUT2D eigenvalue weighted by atomic mass is 28.3. The van der Waals surface area contributed by atoms with Crippen LogP contribution in [0.2, 0.25) is 13.1 Å². The lowest BCUT2D eigenvalue weighted by Gasteiger charge is -1.98. The second kappa shape index (κ2) is 10.0. The highest BCUT2D eigenvalue weighted by molar-refractivity contribution is 6.48. The van der Waals surface area contributed by atoms with Crippen molar-refractivity contribution in [1.82, 2.24) is 0 Å². The zero-order valence-electron chi connectivity index (χ0n) is 6.11. The van der Waals surface area contributed by atoms with Crippen molar-refractivity contribution in [3.63, 3.8) is 0 Å². The third kappa shape index (κ3) is 16.8. The Morgan fingerprint density at radius 3 is 1.75 bits per heavy atom. The molecule has 0 aromatic carbocycles. The lowest BCUT2D eigenvalue weighted by atomic mass is 10.9. The van der Waals surface area contributed by atoms with Crippen LogP contribution in [0.3, 0.4) is 0 Å². The monoisotopic (exact) mass is 132 g/mol. The molecule has 0 fully saturated rings. The van der Waals surface area contributed by atoms with Gasteiger partial charge in [0.25, 0.3) is 0 Å². The molecule has 0 radical (unpaired) electrons. The van der Waals surface area contributed by atoms with Crippen molar-refractivity contribution >= 4 is 9.04 Å². The van der Waals surface area contributed by atoms with E-state index in [-0.39, 0.29) is 0 Å². The van der Waals surface area contributed by atoms with Crippen LogP contribution in [0.25, 0.3) is 0 Å². The Morgan fingerprint density at radius 1 is 1.38 bits per heavy atom. The molecule has 0 aliphatic rings. The van der Waals surface area contributed by atoms with E-state index in [4.69, 9.17) is 4.43 Å². The highest BCUT2D eigenvalue weighted by Gasteiger charge is 1.87. The summed E-state index contributed by atoms with van der Waals surface area (Å²) in [6.07, 6.45) is 0. The molecule has 50 valence electrons. The molecule has 2 heteroatoms. The van der Waals surface area contributed by atoms with Crippen LogP contribution in [0, 0.1) is 0 Å². The Morgan fingerprint density at radius 2 is 1.75 bits per heavy atom. The van der Waals surface area contributed by atoms with Gasteiger partial charge in [-0.15, -0.1) is 13.2 Å². The summed E-state index contributed by atoms with van der Waals surface area (Å²) in [4.78, 5) is 0. The summed E-state index contributed by atoms with van der Waals surface area (Å²) in [5.74, 6) is 0. The van der Waals surface area contributed by atoms with Crippen molar-refractivity contribution in [3.8, 4) is 0 Å². The topological polar surface area (TPSA) is 9.23 Å². The maximum atomic E-state index is 5.18. The second-order valence-electron chi connectivity index (χ2n) is 1.50. The Kier molecular flexibility index (Phi) is 13.5. The van der Waals surface area contributed by atoms with E-state index >= 15 is 0 Å². The summed E-state index contributed by atoms with van der Waals surface area (Å²) < 4.78 is 5.18. The van der Waals surface area contributed by atoms with Crippen LogP contribution in [-0.2, 0) is 4.43 Å². The first-order valence-electron chi connectivity index (χ1n) is 2.89. The fourth-order valence-corrected chi connectivity index (χ4v) is 1.00. The van der Waals surface area contributed by atoms with Crippen LogP contribution in [0.5, 0.6) is 0 Å². The van der Waals surface area contributed by atoms with Gasteiger partial charge in [0, 0.05) is 6.61 Å². The van der Waals surface area contributed by atoms with E-state index in [0.29, 0.717) is 0 Å². The third-order valence-electron chi connectivity index (χ3n) is 0.500. The van der Waals surface area contributed by atoms with Gasteiger partial charge in [-0.2, -0.15) is 0 Å². The summed E-state index contributed by atoms with van der Waals surface area (Å²) in [6, 6.07) is 0. The molecule has 0 bridgehead atoms. The Balaban J connectivity index is 0. The molecule has 0 unspecified atom stereocenters. The number of hydrogen-bond acceptors (Lipinski definition) is 1. The van der Waals surface area contributed by atoms with Gasteiger partial charge in [0.05, 0.1) is 0 Å². The van der Waals surface area contributed by atoms with Gasteiger partial charge in [0.15, 0.2) is 9.04 Å². The maximum absolute atomic E-state index is 5.18. The van der Waals surface area contributed by atoms with E-state index in [2.05, 4.69) is 26.3 Å². The van der Waals surface area contributed by atoms with E-state index in [1.54, 1.807) is 0 Å². The molecule has 0 heterocycles. The van der Waals surface area contributed by atoms with Gasteiger partial charge in [0.2, 0.25) is 0 Å². The number of rotatable bonds is 2. The third-order valence-corrected chi connectivity index (χ3v) is 1.50. The van der Waals surface area contributed by atoms with Crippen molar-refractivity contribution in [2.24, 2.45) is 0 Å². The average molecular weight is 132 g/mol. The molecule has 0 rings (SSSR count). The fraction of sp³-hybridized carbons (Fsp3) is 0.667. The van der Waals surface area contributed by atoms with Gasteiger partial charge in [-0.3, -0.25) is 0 Å². The van der Waals surface area contributed by atoms with E-state index in [1.807, 2.05) is 6.92 Å².